The predicted molar refractivity (Wildman–Crippen MR) is 140 cm³/mol. The van der Waals surface area contributed by atoms with E-state index in [1.807, 2.05) is 31.2 Å². The van der Waals surface area contributed by atoms with Gasteiger partial charge in [0.1, 0.15) is 11.6 Å². The van der Waals surface area contributed by atoms with E-state index < -0.39 is 11.7 Å². The van der Waals surface area contributed by atoms with Crippen LogP contribution in [0.2, 0.25) is 0 Å². The zero-order valence-electron chi connectivity index (χ0n) is 20.3. The number of aryl methyl sites for hydroxylation is 1. The summed E-state index contributed by atoms with van der Waals surface area (Å²) >= 11 is 1.37. The van der Waals surface area contributed by atoms with E-state index in [4.69, 9.17) is 14.2 Å². The largest absolute Gasteiger partial charge is 0.497 e. The van der Waals surface area contributed by atoms with E-state index in [0.717, 1.165) is 21.9 Å². The first-order valence-corrected chi connectivity index (χ1v) is 12.0. The van der Waals surface area contributed by atoms with Crippen LogP contribution in [0.15, 0.2) is 66.7 Å². The van der Waals surface area contributed by atoms with Gasteiger partial charge in [0.25, 0.3) is 11.8 Å². The lowest BCUT2D eigenvalue weighted by Gasteiger charge is -2.12. The van der Waals surface area contributed by atoms with Crippen LogP contribution in [0.3, 0.4) is 0 Å². The van der Waals surface area contributed by atoms with Gasteiger partial charge < -0.3 is 19.5 Å². The molecule has 1 heterocycles. The van der Waals surface area contributed by atoms with Crippen molar-refractivity contribution in [3.05, 3.63) is 83.0 Å². The Morgan fingerprint density at radius 2 is 1.65 bits per heavy atom. The second kappa shape index (κ2) is 11.5. The lowest BCUT2D eigenvalue weighted by Crippen LogP contribution is -2.20. The average Bonchev–Trinajstić information content (AvgIpc) is 3.28. The highest BCUT2D eigenvalue weighted by Gasteiger charge is 2.16. The quantitative estimate of drug-likeness (QED) is 0.300. The number of aromatic nitrogens is 1. The molecule has 37 heavy (non-hydrogen) atoms. The fraction of sp³-hybridized carbons (Fsp3) is 0.148. The first-order valence-electron chi connectivity index (χ1n) is 11.2. The summed E-state index contributed by atoms with van der Waals surface area (Å²) in [5, 5.41) is 5.89. The highest BCUT2D eigenvalue weighted by atomic mass is 32.1. The van der Waals surface area contributed by atoms with Crippen LogP contribution < -0.4 is 24.8 Å². The lowest BCUT2D eigenvalue weighted by molar-refractivity contribution is -0.118. The third-order valence-corrected chi connectivity index (χ3v) is 6.18. The molecule has 2 amide bonds. The molecule has 0 radical (unpaired) electrons. The summed E-state index contributed by atoms with van der Waals surface area (Å²) in [5.74, 6) is 0.138. The van der Waals surface area contributed by atoms with Gasteiger partial charge in [-0.25, -0.2) is 9.37 Å². The van der Waals surface area contributed by atoms with Crippen molar-refractivity contribution in [1.29, 1.82) is 0 Å². The molecule has 0 spiro atoms. The lowest BCUT2D eigenvalue weighted by atomic mass is 10.1. The molecule has 0 unspecified atom stereocenters. The van der Waals surface area contributed by atoms with Crippen LogP contribution in [0, 0.1) is 12.7 Å². The summed E-state index contributed by atoms with van der Waals surface area (Å²) in [6, 6.07) is 17.6. The van der Waals surface area contributed by atoms with Crippen molar-refractivity contribution in [2.24, 2.45) is 0 Å². The van der Waals surface area contributed by atoms with Gasteiger partial charge in [0.15, 0.2) is 23.2 Å². The van der Waals surface area contributed by atoms with Crippen molar-refractivity contribution in [2.75, 3.05) is 31.5 Å². The number of halogens is 1. The van der Waals surface area contributed by atoms with Crippen LogP contribution in [-0.2, 0) is 4.79 Å². The number of carbonyl (C=O) groups excluding carboxylic acids is 2. The Morgan fingerprint density at radius 3 is 2.32 bits per heavy atom. The van der Waals surface area contributed by atoms with Crippen LogP contribution in [-0.4, -0.2) is 37.6 Å². The molecule has 1 aromatic heterocycles. The Balaban J connectivity index is 1.40. The maximum atomic E-state index is 13.0. The van der Waals surface area contributed by atoms with Crippen molar-refractivity contribution in [1.82, 2.24) is 4.98 Å². The molecule has 4 aromatic rings. The van der Waals surface area contributed by atoms with Gasteiger partial charge >= 0.3 is 0 Å². The topological polar surface area (TPSA) is 98.8 Å². The van der Waals surface area contributed by atoms with Crippen molar-refractivity contribution < 1.29 is 28.2 Å². The number of benzene rings is 3. The van der Waals surface area contributed by atoms with E-state index in [0.29, 0.717) is 22.1 Å². The zero-order chi connectivity index (χ0) is 26.4. The number of carbonyl (C=O) groups is 2. The third-order valence-electron chi connectivity index (χ3n) is 5.29. The van der Waals surface area contributed by atoms with Crippen LogP contribution >= 0.6 is 11.3 Å². The number of thiazole rings is 1. The van der Waals surface area contributed by atoms with Crippen LogP contribution in [0.4, 0.5) is 15.2 Å². The van der Waals surface area contributed by atoms with Crippen LogP contribution in [0.5, 0.6) is 17.2 Å². The monoisotopic (exact) mass is 521 g/mol. The number of ether oxygens (including phenoxy) is 3. The summed E-state index contributed by atoms with van der Waals surface area (Å²) in [6.45, 7) is 1.64. The van der Waals surface area contributed by atoms with Gasteiger partial charge in [-0.3, -0.25) is 14.9 Å². The minimum Gasteiger partial charge on any atom is -0.497 e. The van der Waals surface area contributed by atoms with Crippen LogP contribution in [0.25, 0.3) is 11.3 Å². The summed E-state index contributed by atoms with van der Waals surface area (Å²) in [5.41, 5.74) is 2.48. The number of rotatable bonds is 9. The molecule has 0 bridgehead atoms. The molecule has 2 N–H and O–H groups in total. The molecular weight excluding hydrogens is 497 g/mol. The predicted octanol–water partition coefficient (Wildman–Crippen LogP) is 5.54. The summed E-state index contributed by atoms with van der Waals surface area (Å²) < 4.78 is 29.1. The average molecular weight is 522 g/mol. The molecule has 0 aliphatic heterocycles. The minimum atomic E-state index is -0.428. The highest BCUT2D eigenvalue weighted by molar-refractivity contribution is 7.16. The van der Waals surface area contributed by atoms with Gasteiger partial charge in [-0.1, -0.05) is 0 Å². The maximum Gasteiger partial charge on any atom is 0.262 e. The SMILES string of the molecule is COc1ccc(-c2nc(NC(=O)c3ccc(OCC(=O)Nc4ccc(F)cc4)c(OC)c3)sc2C)cc1. The summed E-state index contributed by atoms with van der Waals surface area (Å²) in [6.07, 6.45) is 0. The molecule has 0 atom stereocenters. The fourth-order valence-corrected chi connectivity index (χ4v) is 4.27. The van der Waals surface area contributed by atoms with Gasteiger partial charge in [0.05, 0.1) is 19.9 Å². The number of hydrogen-bond acceptors (Lipinski definition) is 7. The Bertz CT molecular complexity index is 1400. The summed E-state index contributed by atoms with van der Waals surface area (Å²) in [7, 11) is 3.05. The second-order valence-electron chi connectivity index (χ2n) is 7.82. The molecule has 10 heteroatoms. The Hall–Kier alpha value is -4.44. The second-order valence-corrected chi connectivity index (χ2v) is 9.02. The molecule has 3 aromatic carbocycles. The first kappa shape index (κ1) is 25.6. The van der Waals surface area contributed by atoms with E-state index in [1.165, 1.54) is 48.8 Å². The number of methoxy groups -OCH3 is 2. The standard InChI is InChI=1S/C27H24FN3O5S/c1-16-25(17-4-11-21(34-2)12-5-17)30-27(37-16)31-26(33)18-6-13-22(23(14-18)35-3)36-15-24(32)29-20-9-7-19(28)8-10-20/h4-14H,15H2,1-3H3,(H,29,32)(H,30,31,33). The van der Waals surface area contributed by atoms with Crippen molar-refractivity contribution in [3.63, 3.8) is 0 Å². The molecule has 190 valence electrons. The molecule has 8 nitrogen and oxygen atoms in total. The molecule has 0 aliphatic carbocycles. The number of anilines is 2. The smallest absolute Gasteiger partial charge is 0.262 e. The van der Waals surface area contributed by atoms with Gasteiger partial charge in [0, 0.05) is 21.7 Å². The Labute approximate surface area is 217 Å². The maximum absolute atomic E-state index is 13.0. The molecule has 0 saturated carbocycles. The molecule has 0 fully saturated rings. The fourth-order valence-electron chi connectivity index (χ4n) is 3.44. The van der Waals surface area contributed by atoms with Crippen molar-refractivity contribution >= 4 is 34.0 Å². The van der Waals surface area contributed by atoms with Gasteiger partial charge in [-0.2, -0.15) is 0 Å². The van der Waals surface area contributed by atoms with E-state index in [1.54, 1.807) is 19.2 Å². The van der Waals surface area contributed by atoms with E-state index in [-0.39, 0.29) is 18.3 Å². The zero-order valence-corrected chi connectivity index (χ0v) is 21.1. The molecular formula is C27H24FN3O5S. The number of nitrogens with zero attached hydrogens (tertiary/aromatic N) is 1. The van der Waals surface area contributed by atoms with Crippen molar-refractivity contribution in [3.8, 4) is 28.5 Å². The minimum absolute atomic E-state index is 0.288. The normalized spacial score (nSPS) is 10.5. The summed E-state index contributed by atoms with van der Waals surface area (Å²) in [4.78, 5) is 30.6. The third kappa shape index (κ3) is 6.42. The van der Waals surface area contributed by atoms with Crippen LogP contribution in [0.1, 0.15) is 15.2 Å². The van der Waals surface area contributed by atoms with E-state index >= 15 is 0 Å². The number of hydrogen-bond donors (Lipinski definition) is 2. The molecule has 4 rings (SSSR count). The molecule has 0 saturated heterocycles. The van der Waals surface area contributed by atoms with Gasteiger partial charge in [-0.15, -0.1) is 11.3 Å². The Morgan fingerprint density at radius 1 is 0.919 bits per heavy atom. The first-order chi connectivity index (χ1) is 17.9. The van der Waals surface area contributed by atoms with Crippen molar-refractivity contribution in [2.45, 2.75) is 6.92 Å². The Kier molecular flexibility index (Phi) is 7.99. The van der Waals surface area contributed by atoms with E-state index in [2.05, 4.69) is 15.6 Å². The number of nitrogens with one attached hydrogen (secondary N) is 2. The highest BCUT2D eigenvalue weighted by Crippen LogP contribution is 2.32. The van der Waals surface area contributed by atoms with Gasteiger partial charge in [-0.05, 0) is 73.7 Å². The number of amides is 2. The van der Waals surface area contributed by atoms with E-state index in [9.17, 15) is 14.0 Å². The molecule has 0 aliphatic rings. The van der Waals surface area contributed by atoms with Gasteiger partial charge in [0.2, 0.25) is 0 Å².